The first-order valence-corrected chi connectivity index (χ1v) is 5.74. The number of halogens is 1. The Balaban J connectivity index is 0.00000324. The molecule has 0 spiro atoms. The van der Waals surface area contributed by atoms with Crippen LogP contribution in [0.4, 0.5) is 5.69 Å². The number of rotatable bonds is 6. The van der Waals surface area contributed by atoms with Gasteiger partial charge in [0.2, 0.25) is 5.91 Å². The second-order valence-corrected chi connectivity index (χ2v) is 4.22. The quantitative estimate of drug-likeness (QED) is 0.610. The van der Waals surface area contributed by atoms with Gasteiger partial charge in [0, 0.05) is 24.7 Å². The molecule has 0 aliphatic rings. The van der Waals surface area contributed by atoms with Gasteiger partial charge in [-0.1, -0.05) is 12.1 Å². The van der Waals surface area contributed by atoms with Gasteiger partial charge in [0.25, 0.3) is 5.69 Å². The summed E-state index contributed by atoms with van der Waals surface area (Å²) in [6.07, 6.45) is 0.947. The van der Waals surface area contributed by atoms with Crippen molar-refractivity contribution in [2.45, 2.75) is 25.8 Å². The van der Waals surface area contributed by atoms with E-state index in [2.05, 4.69) is 5.32 Å². The van der Waals surface area contributed by atoms with Gasteiger partial charge in [0.15, 0.2) is 0 Å². The van der Waals surface area contributed by atoms with Crippen molar-refractivity contribution in [2.75, 3.05) is 6.54 Å². The summed E-state index contributed by atoms with van der Waals surface area (Å²) in [5.74, 6) is -0.107. The molecule has 1 aromatic rings. The van der Waals surface area contributed by atoms with E-state index in [1.807, 2.05) is 6.92 Å². The predicted molar refractivity (Wildman–Crippen MR) is 75.3 cm³/mol. The monoisotopic (exact) mass is 287 g/mol. The van der Waals surface area contributed by atoms with Gasteiger partial charge in [0.1, 0.15) is 0 Å². The molecule has 19 heavy (non-hydrogen) atoms. The van der Waals surface area contributed by atoms with E-state index in [0.717, 1.165) is 12.0 Å². The molecular formula is C12H18ClN3O3. The summed E-state index contributed by atoms with van der Waals surface area (Å²) in [7, 11) is 0. The van der Waals surface area contributed by atoms with Crippen molar-refractivity contribution in [3.63, 3.8) is 0 Å². The highest BCUT2D eigenvalue weighted by molar-refractivity contribution is 5.85. The summed E-state index contributed by atoms with van der Waals surface area (Å²) < 4.78 is 0. The van der Waals surface area contributed by atoms with Crippen LogP contribution >= 0.6 is 12.4 Å². The molecule has 6 nitrogen and oxygen atoms in total. The number of carbonyl (C=O) groups excluding carboxylic acids is 1. The summed E-state index contributed by atoms with van der Waals surface area (Å²) in [6, 6.07) is 6.02. The lowest BCUT2D eigenvalue weighted by molar-refractivity contribution is -0.384. The van der Waals surface area contributed by atoms with E-state index in [0.29, 0.717) is 6.54 Å². The minimum Gasteiger partial charge on any atom is -0.356 e. The number of nitro benzene ring substituents is 1. The van der Waals surface area contributed by atoms with Crippen molar-refractivity contribution in [3.8, 4) is 0 Å². The Hall–Kier alpha value is -1.66. The van der Waals surface area contributed by atoms with Crippen molar-refractivity contribution in [3.05, 3.63) is 39.9 Å². The third-order valence-corrected chi connectivity index (χ3v) is 2.43. The normalized spacial score (nSPS) is 11.3. The molecule has 0 radical (unpaired) electrons. The molecule has 0 saturated heterocycles. The topological polar surface area (TPSA) is 98.3 Å². The molecule has 1 atom stereocenters. The minimum absolute atomic E-state index is 0. The summed E-state index contributed by atoms with van der Waals surface area (Å²) in [5, 5.41) is 13.2. The van der Waals surface area contributed by atoms with Gasteiger partial charge in [-0.2, -0.15) is 0 Å². The van der Waals surface area contributed by atoms with Crippen LogP contribution in [0.3, 0.4) is 0 Å². The maximum Gasteiger partial charge on any atom is 0.269 e. The average molecular weight is 288 g/mol. The lowest BCUT2D eigenvalue weighted by Crippen LogP contribution is -2.29. The van der Waals surface area contributed by atoms with Crippen LogP contribution in [0.1, 0.15) is 18.9 Å². The molecule has 0 aliphatic heterocycles. The van der Waals surface area contributed by atoms with E-state index in [1.54, 1.807) is 12.1 Å². The van der Waals surface area contributed by atoms with Crippen LogP contribution in [0.15, 0.2) is 24.3 Å². The summed E-state index contributed by atoms with van der Waals surface area (Å²) in [6.45, 7) is 2.42. The molecule has 1 aromatic carbocycles. The first-order valence-electron chi connectivity index (χ1n) is 5.74. The first kappa shape index (κ1) is 17.3. The molecule has 0 aliphatic carbocycles. The van der Waals surface area contributed by atoms with Gasteiger partial charge < -0.3 is 11.1 Å². The zero-order chi connectivity index (χ0) is 13.5. The number of nitrogens with two attached hydrogens (primary N) is 1. The van der Waals surface area contributed by atoms with E-state index in [1.165, 1.54) is 12.1 Å². The molecule has 106 valence electrons. The van der Waals surface area contributed by atoms with Crippen LogP contribution in [0.25, 0.3) is 0 Å². The Kier molecular flexibility index (Phi) is 7.71. The first-order chi connectivity index (χ1) is 8.49. The van der Waals surface area contributed by atoms with Crippen LogP contribution < -0.4 is 11.1 Å². The van der Waals surface area contributed by atoms with Crippen molar-refractivity contribution in [2.24, 2.45) is 5.73 Å². The molecule has 3 N–H and O–H groups in total. The standard InChI is InChI=1S/C12H17N3O3.ClH/c1-9(13)6-7-14-12(16)8-10-2-4-11(5-3-10)15(17)18;/h2-5,9H,6-8,13H2,1H3,(H,14,16);1H. The second-order valence-electron chi connectivity index (χ2n) is 4.22. The summed E-state index contributed by atoms with van der Waals surface area (Å²) in [5.41, 5.74) is 6.33. The van der Waals surface area contributed by atoms with Crippen molar-refractivity contribution in [1.29, 1.82) is 0 Å². The highest BCUT2D eigenvalue weighted by Gasteiger charge is 2.07. The Morgan fingerprint density at radius 2 is 2.00 bits per heavy atom. The minimum atomic E-state index is -0.466. The molecule has 0 saturated carbocycles. The van der Waals surface area contributed by atoms with Crippen molar-refractivity contribution >= 4 is 24.0 Å². The number of nitrogens with one attached hydrogen (secondary N) is 1. The fourth-order valence-electron chi connectivity index (χ4n) is 1.42. The van der Waals surface area contributed by atoms with Gasteiger partial charge >= 0.3 is 0 Å². The molecule has 7 heteroatoms. The number of amides is 1. The molecule has 1 amide bonds. The largest absolute Gasteiger partial charge is 0.356 e. The number of nitro groups is 1. The molecular weight excluding hydrogens is 270 g/mol. The molecule has 0 bridgehead atoms. The van der Waals surface area contributed by atoms with E-state index in [-0.39, 0.29) is 36.5 Å². The van der Waals surface area contributed by atoms with E-state index in [9.17, 15) is 14.9 Å². The number of non-ortho nitro benzene ring substituents is 1. The number of nitrogens with zero attached hydrogens (tertiary/aromatic N) is 1. The van der Waals surface area contributed by atoms with Gasteiger partial charge in [-0.05, 0) is 18.9 Å². The Bertz CT molecular complexity index is 421. The number of benzene rings is 1. The van der Waals surface area contributed by atoms with Gasteiger partial charge in [-0.25, -0.2) is 0 Å². The average Bonchev–Trinajstić information content (AvgIpc) is 2.29. The number of hydrogen-bond acceptors (Lipinski definition) is 4. The molecule has 1 unspecified atom stereocenters. The van der Waals surface area contributed by atoms with Gasteiger partial charge in [-0.15, -0.1) is 12.4 Å². The fraction of sp³-hybridized carbons (Fsp3) is 0.417. The SMILES string of the molecule is CC(N)CCNC(=O)Cc1ccc([N+](=O)[O-])cc1.Cl. The second kappa shape index (κ2) is 8.44. The Morgan fingerprint density at radius 1 is 1.42 bits per heavy atom. The van der Waals surface area contributed by atoms with Crippen LogP contribution in [0.5, 0.6) is 0 Å². The van der Waals surface area contributed by atoms with Gasteiger partial charge in [0.05, 0.1) is 11.3 Å². The maximum absolute atomic E-state index is 11.5. The van der Waals surface area contributed by atoms with E-state index >= 15 is 0 Å². The molecule has 0 fully saturated rings. The smallest absolute Gasteiger partial charge is 0.269 e. The molecule has 0 heterocycles. The summed E-state index contributed by atoms with van der Waals surface area (Å²) in [4.78, 5) is 21.5. The fourth-order valence-corrected chi connectivity index (χ4v) is 1.42. The zero-order valence-electron chi connectivity index (χ0n) is 10.7. The lowest BCUT2D eigenvalue weighted by Gasteiger charge is -2.07. The van der Waals surface area contributed by atoms with Crippen molar-refractivity contribution in [1.82, 2.24) is 5.32 Å². The highest BCUT2D eigenvalue weighted by Crippen LogP contribution is 2.12. The van der Waals surface area contributed by atoms with Gasteiger partial charge in [-0.3, -0.25) is 14.9 Å². The lowest BCUT2D eigenvalue weighted by atomic mass is 10.1. The van der Waals surface area contributed by atoms with E-state index < -0.39 is 4.92 Å². The summed E-state index contributed by atoms with van der Waals surface area (Å²) >= 11 is 0. The van der Waals surface area contributed by atoms with Crippen LogP contribution in [0.2, 0.25) is 0 Å². The zero-order valence-corrected chi connectivity index (χ0v) is 11.5. The van der Waals surface area contributed by atoms with Crippen LogP contribution in [-0.4, -0.2) is 23.4 Å². The Labute approximate surface area is 117 Å². The Morgan fingerprint density at radius 3 is 2.47 bits per heavy atom. The number of carbonyl (C=O) groups is 1. The maximum atomic E-state index is 11.5. The third-order valence-electron chi connectivity index (χ3n) is 2.43. The molecule has 1 rings (SSSR count). The third kappa shape index (κ3) is 6.73. The highest BCUT2D eigenvalue weighted by atomic mass is 35.5. The van der Waals surface area contributed by atoms with E-state index in [4.69, 9.17) is 5.73 Å². The predicted octanol–water partition coefficient (Wildman–Crippen LogP) is 1.41. The number of hydrogen-bond donors (Lipinski definition) is 2. The van der Waals surface area contributed by atoms with Crippen LogP contribution in [0, 0.1) is 10.1 Å². The van der Waals surface area contributed by atoms with Crippen LogP contribution in [-0.2, 0) is 11.2 Å². The molecule has 0 aromatic heterocycles. The van der Waals surface area contributed by atoms with Crippen molar-refractivity contribution < 1.29 is 9.72 Å².